The summed E-state index contributed by atoms with van der Waals surface area (Å²) in [6.07, 6.45) is -0.882. The molecule has 0 fully saturated rings. The van der Waals surface area contributed by atoms with E-state index in [9.17, 15) is 5.11 Å². The molecule has 78 valence electrons. The van der Waals surface area contributed by atoms with Crippen molar-refractivity contribution in [2.45, 2.75) is 17.9 Å². The molecule has 14 heavy (non-hydrogen) atoms. The number of aliphatic hydroxyl groups excluding tert-OH is 1. The van der Waals surface area contributed by atoms with Crippen LogP contribution in [0.25, 0.3) is 0 Å². The molecular formula is C10H12Cl2O2. The summed E-state index contributed by atoms with van der Waals surface area (Å²) >= 11 is 11.1. The van der Waals surface area contributed by atoms with Crippen molar-refractivity contribution in [2.75, 3.05) is 7.11 Å². The minimum Gasteiger partial charge on any atom is -0.496 e. The Labute approximate surface area is 93.4 Å². The van der Waals surface area contributed by atoms with Crippen molar-refractivity contribution >= 4 is 23.2 Å². The van der Waals surface area contributed by atoms with E-state index >= 15 is 0 Å². The van der Waals surface area contributed by atoms with Gasteiger partial charge in [-0.25, -0.2) is 0 Å². The van der Waals surface area contributed by atoms with Gasteiger partial charge in [0.25, 0.3) is 0 Å². The van der Waals surface area contributed by atoms with Crippen molar-refractivity contribution in [1.82, 2.24) is 0 Å². The number of ether oxygens (including phenoxy) is 1. The Balaban J connectivity index is 3.00. The number of hydrogen-bond donors (Lipinski definition) is 1. The highest BCUT2D eigenvalue weighted by Crippen LogP contribution is 2.28. The fourth-order valence-corrected chi connectivity index (χ4v) is 1.46. The second kappa shape index (κ2) is 4.87. The largest absolute Gasteiger partial charge is 0.496 e. The van der Waals surface area contributed by atoms with Crippen molar-refractivity contribution in [3.8, 4) is 5.75 Å². The van der Waals surface area contributed by atoms with Crippen LogP contribution in [0.2, 0.25) is 0 Å². The fraction of sp³-hybridized carbons (Fsp3) is 0.400. The fourth-order valence-electron chi connectivity index (χ4n) is 1.17. The lowest BCUT2D eigenvalue weighted by Gasteiger charge is -2.13. The zero-order valence-electron chi connectivity index (χ0n) is 8.00. The highest BCUT2D eigenvalue weighted by atomic mass is 35.5. The number of benzene rings is 1. The zero-order valence-corrected chi connectivity index (χ0v) is 9.51. The Bertz CT molecular complexity index is 313. The minimum atomic E-state index is -0.882. The van der Waals surface area contributed by atoms with Gasteiger partial charge >= 0.3 is 0 Å². The van der Waals surface area contributed by atoms with Crippen LogP contribution in [0.15, 0.2) is 18.2 Å². The summed E-state index contributed by atoms with van der Waals surface area (Å²) in [6, 6.07) is 5.37. The van der Waals surface area contributed by atoms with Crippen LogP contribution in [0.5, 0.6) is 5.75 Å². The number of hydrogen-bond acceptors (Lipinski definition) is 2. The lowest BCUT2D eigenvalue weighted by atomic mass is 10.1. The molecule has 0 radical (unpaired) electrons. The van der Waals surface area contributed by atoms with Crippen LogP contribution in [0.3, 0.4) is 0 Å². The molecule has 0 aromatic heterocycles. The molecule has 2 nitrogen and oxygen atoms in total. The summed E-state index contributed by atoms with van der Waals surface area (Å²) in [5, 5.41) is 9.59. The van der Waals surface area contributed by atoms with Crippen LogP contribution in [-0.4, -0.2) is 17.1 Å². The van der Waals surface area contributed by atoms with Gasteiger partial charge in [0.2, 0.25) is 0 Å². The molecule has 1 unspecified atom stereocenters. The van der Waals surface area contributed by atoms with Gasteiger partial charge in [0.15, 0.2) is 0 Å². The SMILES string of the molecule is COc1cc(C(O)C(Cl)Cl)ccc1C. The molecule has 0 aliphatic heterocycles. The van der Waals surface area contributed by atoms with Crippen molar-refractivity contribution in [2.24, 2.45) is 0 Å². The molecule has 1 N–H and O–H groups in total. The van der Waals surface area contributed by atoms with Gasteiger partial charge < -0.3 is 9.84 Å². The minimum absolute atomic E-state index is 0.655. The highest BCUT2D eigenvalue weighted by Gasteiger charge is 2.16. The molecule has 1 rings (SSSR count). The van der Waals surface area contributed by atoms with Gasteiger partial charge in [-0.15, -0.1) is 23.2 Å². The van der Waals surface area contributed by atoms with E-state index in [0.29, 0.717) is 5.56 Å². The Morgan fingerprint density at radius 2 is 2.00 bits per heavy atom. The monoisotopic (exact) mass is 234 g/mol. The molecule has 0 heterocycles. The highest BCUT2D eigenvalue weighted by molar-refractivity contribution is 6.44. The predicted octanol–water partition coefficient (Wildman–Crippen LogP) is 2.84. The van der Waals surface area contributed by atoms with E-state index in [0.717, 1.165) is 11.3 Å². The molecule has 0 saturated heterocycles. The van der Waals surface area contributed by atoms with Gasteiger partial charge in [0, 0.05) is 0 Å². The van der Waals surface area contributed by atoms with E-state index in [1.165, 1.54) is 0 Å². The number of rotatable bonds is 3. The third-order valence-corrected chi connectivity index (χ3v) is 2.49. The molecule has 0 amide bonds. The van der Waals surface area contributed by atoms with E-state index in [1.807, 2.05) is 13.0 Å². The topological polar surface area (TPSA) is 29.5 Å². The lowest BCUT2D eigenvalue weighted by molar-refractivity contribution is 0.192. The first-order valence-corrected chi connectivity index (χ1v) is 5.04. The van der Waals surface area contributed by atoms with E-state index in [2.05, 4.69) is 0 Å². The van der Waals surface area contributed by atoms with Crippen molar-refractivity contribution in [3.63, 3.8) is 0 Å². The summed E-state index contributed by atoms with van der Waals surface area (Å²) < 4.78 is 5.12. The lowest BCUT2D eigenvalue weighted by Crippen LogP contribution is -2.06. The van der Waals surface area contributed by atoms with Crippen molar-refractivity contribution < 1.29 is 9.84 Å². The maximum Gasteiger partial charge on any atom is 0.137 e. The molecule has 0 spiro atoms. The van der Waals surface area contributed by atoms with E-state index in [-0.39, 0.29) is 0 Å². The second-order valence-corrected chi connectivity index (χ2v) is 4.17. The maximum absolute atomic E-state index is 9.59. The molecule has 1 aromatic carbocycles. The number of halogens is 2. The Morgan fingerprint density at radius 1 is 1.36 bits per heavy atom. The standard InChI is InChI=1S/C10H12Cl2O2/c1-6-3-4-7(5-8(6)14-2)9(13)10(11)12/h3-5,9-10,13H,1-2H3. The first-order chi connectivity index (χ1) is 6.56. The Morgan fingerprint density at radius 3 is 2.50 bits per heavy atom. The predicted molar refractivity (Wildman–Crippen MR) is 58.2 cm³/mol. The quantitative estimate of drug-likeness (QED) is 0.816. The summed E-state index contributed by atoms with van der Waals surface area (Å²) in [5.74, 6) is 0.718. The van der Waals surface area contributed by atoms with Gasteiger partial charge in [-0.3, -0.25) is 0 Å². The van der Waals surface area contributed by atoms with Crippen LogP contribution < -0.4 is 4.74 Å². The summed E-state index contributed by atoms with van der Waals surface area (Å²) in [4.78, 5) is -0.831. The number of aliphatic hydroxyl groups is 1. The number of alkyl halides is 2. The van der Waals surface area contributed by atoms with Gasteiger partial charge in [0.05, 0.1) is 7.11 Å². The van der Waals surface area contributed by atoms with Crippen LogP contribution >= 0.6 is 23.2 Å². The normalized spacial score (nSPS) is 13.0. The van der Waals surface area contributed by atoms with Gasteiger partial charge in [-0.1, -0.05) is 12.1 Å². The third kappa shape index (κ3) is 2.53. The average Bonchev–Trinajstić information content (AvgIpc) is 2.17. The van der Waals surface area contributed by atoms with Crippen molar-refractivity contribution in [3.05, 3.63) is 29.3 Å². The molecule has 4 heteroatoms. The summed E-state index contributed by atoms with van der Waals surface area (Å²) in [7, 11) is 1.58. The smallest absolute Gasteiger partial charge is 0.137 e. The summed E-state index contributed by atoms with van der Waals surface area (Å²) in [5.41, 5.74) is 1.66. The Hall–Kier alpha value is -0.440. The van der Waals surface area contributed by atoms with Gasteiger partial charge in [-0.2, -0.15) is 0 Å². The van der Waals surface area contributed by atoms with E-state index < -0.39 is 10.9 Å². The molecule has 0 saturated carbocycles. The van der Waals surface area contributed by atoms with Gasteiger partial charge in [0.1, 0.15) is 16.7 Å². The molecule has 0 bridgehead atoms. The van der Waals surface area contributed by atoms with E-state index in [1.54, 1.807) is 19.2 Å². The van der Waals surface area contributed by atoms with Crippen LogP contribution in [0.4, 0.5) is 0 Å². The first-order valence-electron chi connectivity index (χ1n) is 4.17. The molecular weight excluding hydrogens is 223 g/mol. The second-order valence-electron chi connectivity index (χ2n) is 3.01. The molecule has 0 aliphatic carbocycles. The summed E-state index contributed by atoms with van der Waals surface area (Å²) in [6.45, 7) is 1.92. The zero-order chi connectivity index (χ0) is 10.7. The van der Waals surface area contributed by atoms with Crippen LogP contribution in [0, 0.1) is 6.92 Å². The van der Waals surface area contributed by atoms with Crippen LogP contribution in [-0.2, 0) is 0 Å². The molecule has 1 aromatic rings. The van der Waals surface area contributed by atoms with Crippen LogP contribution in [0.1, 0.15) is 17.2 Å². The Kier molecular flexibility index (Phi) is 4.05. The third-order valence-electron chi connectivity index (χ3n) is 2.01. The maximum atomic E-state index is 9.59. The molecule has 0 aliphatic rings. The van der Waals surface area contributed by atoms with Crippen molar-refractivity contribution in [1.29, 1.82) is 0 Å². The van der Waals surface area contributed by atoms with Gasteiger partial charge in [-0.05, 0) is 24.1 Å². The average molecular weight is 235 g/mol. The first kappa shape index (κ1) is 11.6. The van der Waals surface area contributed by atoms with E-state index in [4.69, 9.17) is 27.9 Å². The number of methoxy groups -OCH3 is 1. The molecule has 1 atom stereocenters. The number of aryl methyl sites for hydroxylation is 1.